The average Bonchev–Trinajstić information content (AvgIpc) is 3.63. The Morgan fingerprint density at radius 2 is 1.45 bits per heavy atom. The van der Waals surface area contributed by atoms with E-state index >= 15 is 0 Å². The first-order chi connectivity index (χ1) is 22.9. The molecule has 4 aromatic rings. The Labute approximate surface area is 278 Å². The Balaban J connectivity index is 1.35. The summed E-state index contributed by atoms with van der Waals surface area (Å²) in [6, 6.07) is 32.5. The molecule has 1 heterocycles. The number of nitrogens with zero attached hydrogens (tertiary/aromatic N) is 2. The maximum absolute atomic E-state index is 14.5. The van der Waals surface area contributed by atoms with Crippen molar-refractivity contribution >= 4 is 28.5 Å². The number of fused-ring (bicyclic) bond motifs is 1. The van der Waals surface area contributed by atoms with Crippen molar-refractivity contribution in [2.45, 2.75) is 50.2 Å². The third-order valence-corrected chi connectivity index (χ3v) is 9.04. The van der Waals surface area contributed by atoms with E-state index in [-0.39, 0.29) is 30.4 Å². The van der Waals surface area contributed by atoms with Gasteiger partial charge in [0.2, 0.25) is 17.7 Å². The second-order valence-corrected chi connectivity index (χ2v) is 12.4. The monoisotopic (exact) mass is 634 g/mol. The number of carbonyl (C=O) groups is 3. The molecule has 0 spiro atoms. The van der Waals surface area contributed by atoms with E-state index in [4.69, 9.17) is 4.74 Å². The van der Waals surface area contributed by atoms with Gasteiger partial charge in [0, 0.05) is 39.5 Å². The third kappa shape index (κ3) is 9.50. The second-order valence-electron chi connectivity index (χ2n) is 12.4. The molecule has 0 unspecified atom stereocenters. The summed E-state index contributed by atoms with van der Waals surface area (Å²) >= 11 is 0. The molecule has 3 atom stereocenters. The van der Waals surface area contributed by atoms with E-state index in [0.29, 0.717) is 32.4 Å². The van der Waals surface area contributed by atoms with Gasteiger partial charge >= 0.3 is 0 Å². The fourth-order valence-corrected chi connectivity index (χ4v) is 6.17. The number of likely N-dealkylation sites (N-methyl/N-ethyl adjacent to an activating group) is 2. The van der Waals surface area contributed by atoms with Crippen molar-refractivity contribution in [3.8, 4) is 0 Å². The van der Waals surface area contributed by atoms with Crippen LogP contribution in [0.3, 0.4) is 0 Å². The summed E-state index contributed by atoms with van der Waals surface area (Å²) in [5.74, 6) is -0.806. The number of rotatable bonds is 15. The van der Waals surface area contributed by atoms with Gasteiger partial charge in [-0.15, -0.1) is 0 Å². The summed E-state index contributed by atoms with van der Waals surface area (Å²) in [5.41, 5.74) is 3.00. The van der Waals surface area contributed by atoms with E-state index in [9.17, 15) is 14.4 Å². The van der Waals surface area contributed by atoms with Crippen LogP contribution >= 0.6 is 0 Å². The van der Waals surface area contributed by atoms with Crippen molar-refractivity contribution in [2.24, 2.45) is 0 Å². The van der Waals surface area contributed by atoms with E-state index in [1.165, 1.54) is 9.80 Å². The Bertz CT molecular complexity index is 1610. The number of amides is 3. The first-order valence-corrected chi connectivity index (χ1v) is 16.6. The Morgan fingerprint density at radius 1 is 0.787 bits per heavy atom. The van der Waals surface area contributed by atoms with Crippen LogP contribution in [0, 0.1) is 0 Å². The van der Waals surface area contributed by atoms with Gasteiger partial charge in [0.15, 0.2) is 0 Å². The largest absolute Gasteiger partial charge is 0.370 e. The highest BCUT2D eigenvalue weighted by Gasteiger charge is 2.35. The summed E-state index contributed by atoms with van der Waals surface area (Å²) in [5, 5.41) is 8.61. The van der Waals surface area contributed by atoms with E-state index < -0.39 is 12.1 Å². The zero-order chi connectivity index (χ0) is 33.0. The first kappa shape index (κ1) is 33.8. The van der Waals surface area contributed by atoms with Crippen molar-refractivity contribution in [3.63, 3.8) is 0 Å². The molecule has 1 fully saturated rings. The summed E-state index contributed by atoms with van der Waals surface area (Å²) in [6.45, 7) is 1.74. The van der Waals surface area contributed by atoms with Crippen LogP contribution in [0.4, 0.5) is 0 Å². The van der Waals surface area contributed by atoms with Gasteiger partial charge in [-0.25, -0.2) is 0 Å². The number of hydrogen-bond acceptors (Lipinski definition) is 5. The summed E-state index contributed by atoms with van der Waals surface area (Å²) < 4.78 is 5.80. The molecule has 246 valence electrons. The number of nitrogens with one attached hydrogen (secondary N) is 2. The lowest BCUT2D eigenvalue weighted by Gasteiger charge is -2.34. The average molecular weight is 635 g/mol. The fraction of sp³-hybridized carbons (Fsp3) is 0.359. The third-order valence-electron chi connectivity index (χ3n) is 9.04. The molecule has 0 saturated carbocycles. The van der Waals surface area contributed by atoms with Crippen molar-refractivity contribution in [3.05, 3.63) is 120 Å². The highest BCUT2D eigenvalue weighted by molar-refractivity contribution is 5.92. The summed E-state index contributed by atoms with van der Waals surface area (Å²) in [4.78, 5) is 44.7. The summed E-state index contributed by atoms with van der Waals surface area (Å²) in [6.07, 6.45) is 3.45. The van der Waals surface area contributed by atoms with Gasteiger partial charge in [-0.2, -0.15) is 0 Å². The Morgan fingerprint density at radius 3 is 2.15 bits per heavy atom. The number of ether oxygens (including phenoxy) is 1. The fourth-order valence-electron chi connectivity index (χ4n) is 6.17. The zero-order valence-corrected chi connectivity index (χ0v) is 27.4. The molecule has 5 rings (SSSR count). The molecule has 2 N–H and O–H groups in total. The van der Waals surface area contributed by atoms with E-state index in [0.717, 1.165) is 46.8 Å². The van der Waals surface area contributed by atoms with Crippen molar-refractivity contribution < 1.29 is 19.1 Å². The van der Waals surface area contributed by atoms with Crippen molar-refractivity contribution in [2.75, 3.05) is 40.4 Å². The van der Waals surface area contributed by atoms with Gasteiger partial charge in [-0.05, 0) is 53.3 Å². The van der Waals surface area contributed by atoms with Crippen LogP contribution in [0.15, 0.2) is 103 Å². The smallest absolute Gasteiger partial charge is 0.249 e. The molecule has 0 bridgehead atoms. The first-order valence-electron chi connectivity index (χ1n) is 16.6. The number of hydrogen-bond donors (Lipinski definition) is 2. The maximum atomic E-state index is 14.5. The van der Waals surface area contributed by atoms with Gasteiger partial charge < -0.3 is 25.2 Å². The zero-order valence-electron chi connectivity index (χ0n) is 27.4. The second kappa shape index (κ2) is 16.9. The molecule has 4 aromatic carbocycles. The van der Waals surface area contributed by atoms with Crippen LogP contribution in [0.5, 0.6) is 0 Å². The molecule has 8 nitrogen and oxygen atoms in total. The topological polar surface area (TPSA) is 91.0 Å². The highest BCUT2D eigenvalue weighted by Crippen LogP contribution is 2.20. The molecular weight excluding hydrogens is 588 g/mol. The molecule has 1 aliphatic rings. The molecule has 0 aliphatic carbocycles. The lowest BCUT2D eigenvalue weighted by molar-refractivity contribution is -0.149. The Hall–Kier alpha value is -4.53. The quantitative estimate of drug-likeness (QED) is 0.202. The van der Waals surface area contributed by atoms with Crippen LogP contribution < -0.4 is 10.6 Å². The molecule has 0 aromatic heterocycles. The molecule has 1 aliphatic heterocycles. The minimum atomic E-state index is -0.836. The van der Waals surface area contributed by atoms with Gasteiger partial charge in [0.05, 0.1) is 6.61 Å². The van der Waals surface area contributed by atoms with Crippen molar-refractivity contribution in [1.82, 2.24) is 20.4 Å². The molecule has 8 heteroatoms. The normalized spacial score (nSPS) is 15.6. The predicted octanol–water partition coefficient (Wildman–Crippen LogP) is 4.41. The standard InChI is InChI=1S/C39H46N4O4/c1-42(37(44)28-47-27-34-18-11-22-40-34)36(26-31-19-20-32-16-9-10-17-33(32)24-31)39(46)43(2)35(25-30-14-7-4-8-15-30)38(45)41-23-21-29-12-5-3-6-13-29/h3-10,12-17,19-20,24,34-36,40H,11,18,21-23,25-28H2,1-2H3,(H,41,45)/t34-,35-,36-/m1/s1. The predicted molar refractivity (Wildman–Crippen MR) is 186 cm³/mol. The van der Waals surface area contributed by atoms with E-state index in [1.807, 2.05) is 97.1 Å². The minimum Gasteiger partial charge on any atom is -0.370 e. The van der Waals surface area contributed by atoms with Gasteiger partial charge in [0.25, 0.3) is 0 Å². The molecule has 1 saturated heterocycles. The van der Waals surface area contributed by atoms with Crippen LogP contribution in [-0.2, 0) is 38.4 Å². The van der Waals surface area contributed by atoms with Crippen LogP contribution in [0.1, 0.15) is 29.5 Å². The maximum Gasteiger partial charge on any atom is 0.249 e. The Kier molecular flexibility index (Phi) is 12.1. The van der Waals surface area contributed by atoms with Gasteiger partial charge in [-0.3, -0.25) is 14.4 Å². The number of carbonyl (C=O) groups excluding carboxylic acids is 3. The lowest BCUT2D eigenvalue weighted by Crippen LogP contribution is -2.56. The van der Waals surface area contributed by atoms with E-state index in [2.05, 4.69) is 16.7 Å². The molecule has 3 amide bonds. The van der Waals surface area contributed by atoms with Crippen LogP contribution in [0.25, 0.3) is 10.8 Å². The SMILES string of the molecule is CN(C(=O)COC[C@H]1CCCN1)[C@H](Cc1ccc2ccccc2c1)C(=O)N(C)[C@H](Cc1ccccc1)C(=O)NCCc1ccccc1. The number of benzene rings is 4. The van der Waals surface area contributed by atoms with Gasteiger partial charge in [-0.1, -0.05) is 103 Å². The van der Waals surface area contributed by atoms with Crippen LogP contribution in [0.2, 0.25) is 0 Å². The van der Waals surface area contributed by atoms with Gasteiger partial charge in [0.1, 0.15) is 18.7 Å². The highest BCUT2D eigenvalue weighted by atomic mass is 16.5. The van der Waals surface area contributed by atoms with Crippen LogP contribution in [-0.4, -0.2) is 86.0 Å². The molecule has 0 radical (unpaired) electrons. The summed E-state index contributed by atoms with van der Waals surface area (Å²) in [7, 11) is 3.32. The molecular formula is C39H46N4O4. The minimum absolute atomic E-state index is 0.118. The lowest BCUT2D eigenvalue weighted by atomic mass is 9.98. The van der Waals surface area contributed by atoms with E-state index in [1.54, 1.807) is 14.1 Å². The molecule has 47 heavy (non-hydrogen) atoms. The van der Waals surface area contributed by atoms with Crippen molar-refractivity contribution in [1.29, 1.82) is 0 Å².